The van der Waals surface area contributed by atoms with Gasteiger partial charge in [-0.05, 0) is 56.4 Å². The number of hydrogen-bond donors (Lipinski definition) is 0. The van der Waals surface area contributed by atoms with Crippen LogP contribution in [0.4, 0.5) is 16.2 Å². The van der Waals surface area contributed by atoms with Gasteiger partial charge >= 0.3 is 18.1 Å². The van der Waals surface area contributed by atoms with E-state index in [1.54, 1.807) is 37.3 Å². The molecule has 13 heteroatoms. The number of nitro benzene ring substituents is 2. The molecule has 0 radical (unpaired) electrons. The maximum absolute atomic E-state index is 12.1. The Morgan fingerprint density at radius 3 is 1.95 bits per heavy atom. The molecule has 38 heavy (non-hydrogen) atoms. The van der Waals surface area contributed by atoms with Crippen LogP contribution in [0, 0.1) is 20.2 Å². The minimum absolute atomic E-state index is 0.0292. The van der Waals surface area contributed by atoms with Crippen LogP contribution in [0.25, 0.3) is 6.08 Å². The van der Waals surface area contributed by atoms with Crippen molar-refractivity contribution in [1.29, 1.82) is 0 Å². The number of hydrogen-bond acceptors (Lipinski definition) is 11. The van der Waals surface area contributed by atoms with Crippen molar-refractivity contribution in [2.24, 2.45) is 0 Å². The van der Waals surface area contributed by atoms with Gasteiger partial charge in [-0.2, -0.15) is 0 Å². The molecule has 0 atom stereocenters. The van der Waals surface area contributed by atoms with Crippen molar-refractivity contribution < 1.29 is 43.2 Å². The minimum atomic E-state index is -0.890. The molecule has 0 amide bonds. The van der Waals surface area contributed by atoms with Gasteiger partial charge in [-0.25, -0.2) is 14.4 Å². The monoisotopic (exact) mass is 530 g/mol. The summed E-state index contributed by atoms with van der Waals surface area (Å²) in [4.78, 5) is 55.4. The molecule has 0 spiro atoms. The van der Waals surface area contributed by atoms with E-state index in [9.17, 15) is 34.6 Å². The van der Waals surface area contributed by atoms with Gasteiger partial charge in [-0.3, -0.25) is 20.2 Å². The zero-order valence-corrected chi connectivity index (χ0v) is 20.5. The number of non-ortho nitro benzene ring substituents is 2. The molecule has 0 aliphatic rings. The van der Waals surface area contributed by atoms with Gasteiger partial charge in [0, 0.05) is 18.2 Å². The first kappa shape index (κ1) is 29.4. The van der Waals surface area contributed by atoms with E-state index < -0.39 is 39.3 Å². The molecule has 0 aromatic heterocycles. The van der Waals surface area contributed by atoms with E-state index in [4.69, 9.17) is 14.2 Å². The van der Waals surface area contributed by atoms with Crippen LogP contribution < -0.4 is 4.74 Å². The van der Waals surface area contributed by atoms with Crippen LogP contribution in [-0.4, -0.2) is 47.8 Å². The number of benzene rings is 2. The normalized spacial score (nSPS) is 10.6. The van der Waals surface area contributed by atoms with E-state index in [1.165, 1.54) is 6.08 Å². The van der Waals surface area contributed by atoms with E-state index in [0.717, 1.165) is 18.2 Å². The summed E-state index contributed by atoms with van der Waals surface area (Å²) in [5.41, 5.74) is -0.720. The van der Waals surface area contributed by atoms with Crippen molar-refractivity contribution in [1.82, 2.24) is 0 Å². The second kappa shape index (κ2) is 15.3. The van der Waals surface area contributed by atoms with Gasteiger partial charge in [0.1, 0.15) is 5.75 Å². The summed E-state index contributed by atoms with van der Waals surface area (Å²) < 4.78 is 19.8. The van der Waals surface area contributed by atoms with Gasteiger partial charge < -0.3 is 18.9 Å². The minimum Gasteiger partial charge on any atom is -0.463 e. The lowest BCUT2D eigenvalue weighted by Gasteiger charge is -2.06. The molecule has 0 aliphatic carbocycles. The van der Waals surface area contributed by atoms with Crippen LogP contribution in [0.3, 0.4) is 0 Å². The highest BCUT2D eigenvalue weighted by atomic mass is 16.7. The van der Waals surface area contributed by atoms with Crippen molar-refractivity contribution >= 4 is 35.5 Å². The SMILES string of the molecule is CCOC(=O)Oc1ccc(C=CC(=O)OCCCCCCOC(=O)c2cc([N+](=O)[O-])cc([N+](=O)[O-])c2)cc1. The maximum atomic E-state index is 12.1. The van der Waals surface area contributed by atoms with Crippen LogP contribution in [0.1, 0.15) is 48.5 Å². The topological polar surface area (TPSA) is 174 Å². The second-order valence-corrected chi connectivity index (χ2v) is 7.66. The van der Waals surface area contributed by atoms with Crippen LogP contribution in [0.5, 0.6) is 5.75 Å². The van der Waals surface area contributed by atoms with Gasteiger partial charge in [-0.15, -0.1) is 0 Å². The number of unbranched alkanes of at least 4 members (excludes halogenated alkanes) is 3. The van der Waals surface area contributed by atoms with Crippen molar-refractivity contribution in [3.8, 4) is 5.75 Å². The van der Waals surface area contributed by atoms with Crippen LogP contribution in [0.2, 0.25) is 0 Å². The summed E-state index contributed by atoms with van der Waals surface area (Å²) >= 11 is 0. The fourth-order valence-electron chi connectivity index (χ4n) is 3.01. The quantitative estimate of drug-likeness (QED) is 0.0610. The number of nitro groups is 2. The predicted octanol–water partition coefficient (Wildman–Crippen LogP) is 5.01. The Balaban J connectivity index is 1.62. The molecular formula is C25H26N2O11. The number of carbonyl (C=O) groups excluding carboxylic acids is 3. The van der Waals surface area contributed by atoms with Crippen molar-refractivity contribution in [2.75, 3.05) is 19.8 Å². The molecule has 0 fully saturated rings. The lowest BCUT2D eigenvalue weighted by Crippen LogP contribution is -2.09. The molecule has 0 aliphatic heterocycles. The Morgan fingerprint density at radius 1 is 0.816 bits per heavy atom. The molecule has 0 N–H and O–H groups in total. The number of rotatable bonds is 14. The van der Waals surface area contributed by atoms with Crippen LogP contribution in [-0.2, 0) is 19.0 Å². The molecule has 2 aromatic rings. The molecular weight excluding hydrogens is 504 g/mol. The van der Waals surface area contributed by atoms with E-state index in [-0.39, 0.29) is 25.4 Å². The summed E-state index contributed by atoms with van der Waals surface area (Å²) in [5.74, 6) is -1.10. The molecule has 0 saturated carbocycles. The van der Waals surface area contributed by atoms with E-state index in [2.05, 4.69) is 4.74 Å². The Morgan fingerprint density at radius 2 is 1.39 bits per heavy atom. The molecule has 0 bridgehead atoms. The Kier molecular flexibility index (Phi) is 11.9. The largest absolute Gasteiger partial charge is 0.513 e. The van der Waals surface area contributed by atoms with Crippen LogP contribution in [0.15, 0.2) is 48.5 Å². The number of ether oxygens (including phenoxy) is 4. The molecule has 0 saturated heterocycles. The molecule has 202 valence electrons. The van der Waals surface area contributed by atoms with E-state index in [1.807, 2.05) is 0 Å². The molecule has 13 nitrogen and oxygen atoms in total. The fourth-order valence-corrected chi connectivity index (χ4v) is 3.01. The van der Waals surface area contributed by atoms with E-state index in [0.29, 0.717) is 37.0 Å². The van der Waals surface area contributed by atoms with Crippen molar-refractivity contribution in [2.45, 2.75) is 32.6 Å². The number of nitrogens with zero attached hydrogens (tertiary/aromatic N) is 2. The smallest absolute Gasteiger partial charge is 0.463 e. The Bertz CT molecular complexity index is 1140. The summed E-state index contributed by atoms with van der Waals surface area (Å²) in [7, 11) is 0. The number of carbonyl (C=O) groups is 3. The lowest BCUT2D eigenvalue weighted by atomic mass is 10.1. The fraction of sp³-hybridized carbons (Fsp3) is 0.320. The third-order valence-corrected chi connectivity index (χ3v) is 4.83. The van der Waals surface area contributed by atoms with Gasteiger partial charge in [0.05, 0.1) is 41.3 Å². The average Bonchev–Trinajstić information content (AvgIpc) is 2.89. The Labute approximate surface area is 217 Å². The molecule has 0 unspecified atom stereocenters. The van der Waals surface area contributed by atoms with Crippen LogP contribution >= 0.6 is 0 Å². The first-order chi connectivity index (χ1) is 18.2. The molecule has 2 aromatic carbocycles. The zero-order chi connectivity index (χ0) is 27.9. The third-order valence-electron chi connectivity index (χ3n) is 4.83. The molecule has 0 heterocycles. The van der Waals surface area contributed by atoms with Crippen molar-refractivity contribution in [3.05, 3.63) is 79.9 Å². The first-order valence-corrected chi connectivity index (χ1v) is 11.6. The standard InChI is InChI=1S/C25H26N2O11/c1-2-35-25(30)38-22-10-7-18(8-11-22)9-12-23(28)36-13-5-3-4-6-14-37-24(29)19-15-20(26(31)32)17-21(16-19)27(33)34/h7-12,15-17H,2-6,13-14H2,1H3. The Hall–Kier alpha value is -4.81. The van der Waals surface area contributed by atoms with E-state index >= 15 is 0 Å². The summed E-state index contributed by atoms with van der Waals surface area (Å²) in [6.45, 7) is 2.10. The molecule has 2 rings (SSSR count). The van der Waals surface area contributed by atoms with Crippen molar-refractivity contribution in [3.63, 3.8) is 0 Å². The average molecular weight is 530 g/mol. The number of esters is 2. The highest BCUT2D eigenvalue weighted by molar-refractivity contribution is 5.91. The van der Waals surface area contributed by atoms with Gasteiger partial charge in [0.15, 0.2) is 0 Å². The first-order valence-electron chi connectivity index (χ1n) is 11.6. The maximum Gasteiger partial charge on any atom is 0.513 e. The van der Waals surface area contributed by atoms with Gasteiger partial charge in [0.25, 0.3) is 11.4 Å². The zero-order valence-electron chi connectivity index (χ0n) is 20.5. The highest BCUT2D eigenvalue weighted by Gasteiger charge is 2.20. The lowest BCUT2D eigenvalue weighted by molar-refractivity contribution is -0.394. The van der Waals surface area contributed by atoms with Gasteiger partial charge in [0.2, 0.25) is 0 Å². The second-order valence-electron chi connectivity index (χ2n) is 7.66. The highest BCUT2D eigenvalue weighted by Crippen LogP contribution is 2.23. The van der Waals surface area contributed by atoms with Gasteiger partial charge in [-0.1, -0.05) is 12.1 Å². The third kappa shape index (κ3) is 10.4. The predicted molar refractivity (Wildman–Crippen MR) is 133 cm³/mol. The summed E-state index contributed by atoms with van der Waals surface area (Å²) in [6.07, 6.45) is 4.47. The summed E-state index contributed by atoms with van der Waals surface area (Å²) in [6, 6.07) is 9.06. The summed E-state index contributed by atoms with van der Waals surface area (Å²) in [5, 5.41) is 21.8.